The Hall–Kier alpha value is -3.60. The standard InChI is InChI=1S/C30H35N3O2/c1-3-24-14-18-26(19-15-24)35-22-21-33-28-10-7-6-9-27(28)32-29(33)11-5-4-8-20-31-30(34)25-16-12-23(2)13-17-25/h6-7,9-10,12-19H,3-5,8,11,20-22H2,1-2H3,(H,31,34). The quantitative estimate of drug-likeness (QED) is 0.254. The van der Waals surface area contributed by atoms with E-state index in [0.29, 0.717) is 18.7 Å². The van der Waals surface area contributed by atoms with Crippen molar-refractivity contribution in [3.8, 4) is 5.75 Å². The van der Waals surface area contributed by atoms with E-state index >= 15 is 0 Å². The van der Waals surface area contributed by atoms with Gasteiger partial charge in [-0.3, -0.25) is 4.79 Å². The highest BCUT2D eigenvalue weighted by Crippen LogP contribution is 2.19. The molecule has 0 radical (unpaired) electrons. The fourth-order valence-corrected chi connectivity index (χ4v) is 4.24. The van der Waals surface area contributed by atoms with Crippen LogP contribution in [-0.4, -0.2) is 28.6 Å². The van der Waals surface area contributed by atoms with Gasteiger partial charge < -0.3 is 14.6 Å². The minimum absolute atomic E-state index is 0.00359. The summed E-state index contributed by atoms with van der Waals surface area (Å²) in [4.78, 5) is 17.1. The van der Waals surface area contributed by atoms with Gasteiger partial charge in [0.1, 0.15) is 18.2 Å². The van der Waals surface area contributed by atoms with Crippen LogP contribution in [0.4, 0.5) is 0 Å². The first-order chi connectivity index (χ1) is 17.1. The van der Waals surface area contributed by atoms with Gasteiger partial charge in [-0.15, -0.1) is 0 Å². The minimum atomic E-state index is -0.00359. The van der Waals surface area contributed by atoms with Crippen molar-refractivity contribution >= 4 is 16.9 Å². The van der Waals surface area contributed by atoms with Gasteiger partial charge in [-0.2, -0.15) is 0 Å². The van der Waals surface area contributed by atoms with Gasteiger partial charge in [0, 0.05) is 18.5 Å². The van der Waals surface area contributed by atoms with Crippen LogP contribution in [0.1, 0.15) is 53.5 Å². The van der Waals surface area contributed by atoms with Crippen LogP contribution in [0.3, 0.4) is 0 Å². The first kappa shape index (κ1) is 24.5. The number of ether oxygens (including phenoxy) is 1. The van der Waals surface area contributed by atoms with Crippen LogP contribution in [0.25, 0.3) is 11.0 Å². The lowest BCUT2D eigenvalue weighted by molar-refractivity contribution is 0.0953. The van der Waals surface area contributed by atoms with Crippen LogP contribution in [-0.2, 0) is 19.4 Å². The van der Waals surface area contributed by atoms with E-state index in [1.807, 2.05) is 49.4 Å². The first-order valence-corrected chi connectivity index (χ1v) is 12.6. The molecule has 0 saturated carbocycles. The SMILES string of the molecule is CCc1ccc(OCCn2c(CCCCCNC(=O)c3ccc(C)cc3)nc3ccccc32)cc1. The van der Waals surface area contributed by atoms with E-state index in [4.69, 9.17) is 9.72 Å². The molecule has 35 heavy (non-hydrogen) atoms. The van der Waals surface area contributed by atoms with Gasteiger partial charge in [-0.05, 0) is 68.1 Å². The molecule has 0 aliphatic heterocycles. The topological polar surface area (TPSA) is 56.1 Å². The molecule has 0 aliphatic carbocycles. The summed E-state index contributed by atoms with van der Waals surface area (Å²) in [6, 6.07) is 24.3. The maximum absolute atomic E-state index is 12.3. The number of nitrogens with one attached hydrogen (secondary N) is 1. The molecule has 0 unspecified atom stereocenters. The monoisotopic (exact) mass is 469 g/mol. The van der Waals surface area contributed by atoms with Gasteiger partial charge >= 0.3 is 0 Å². The second-order valence-corrected chi connectivity index (χ2v) is 8.95. The third kappa shape index (κ3) is 6.72. The molecule has 0 saturated heterocycles. The van der Waals surface area contributed by atoms with Gasteiger partial charge in [0.25, 0.3) is 5.91 Å². The molecule has 182 valence electrons. The molecule has 0 atom stereocenters. The Morgan fingerprint density at radius 3 is 2.49 bits per heavy atom. The van der Waals surface area contributed by atoms with E-state index in [0.717, 1.165) is 66.8 Å². The van der Waals surface area contributed by atoms with Crippen LogP contribution < -0.4 is 10.1 Å². The van der Waals surface area contributed by atoms with Gasteiger partial charge in [-0.1, -0.05) is 55.3 Å². The van der Waals surface area contributed by atoms with E-state index in [-0.39, 0.29) is 5.91 Å². The normalized spacial score (nSPS) is 11.0. The number of fused-ring (bicyclic) bond motifs is 1. The zero-order chi connectivity index (χ0) is 24.5. The number of carbonyl (C=O) groups excluding carboxylic acids is 1. The molecule has 1 N–H and O–H groups in total. The Morgan fingerprint density at radius 1 is 0.943 bits per heavy atom. The number of carbonyl (C=O) groups is 1. The Morgan fingerprint density at radius 2 is 1.71 bits per heavy atom. The third-order valence-corrected chi connectivity index (χ3v) is 6.33. The Balaban J connectivity index is 1.26. The first-order valence-electron chi connectivity index (χ1n) is 12.6. The predicted octanol–water partition coefficient (Wildman–Crippen LogP) is 6.13. The molecule has 0 spiro atoms. The lowest BCUT2D eigenvalue weighted by Gasteiger charge is -2.11. The second-order valence-electron chi connectivity index (χ2n) is 8.95. The zero-order valence-electron chi connectivity index (χ0n) is 20.8. The molecule has 1 heterocycles. The number of imidazole rings is 1. The van der Waals surface area contributed by atoms with Crippen molar-refractivity contribution in [2.75, 3.05) is 13.2 Å². The van der Waals surface area contributed by atoms with Crippen LogP contribution in [0.2, 0.25) is 0 Å². The summed E-state index contributed by atoms with van der Waals surface area (Å²) in [6.07, 6.45) is 4.96. The maximum atomic E-state index is 12.3. The third-order valence-electron chi connectivity index (χ3n) is 6.33. The largest absolute Gasteiger partial charge is 0.492 e. The van der Waals surface area contributed by atoms with E-state index in [9.17, 15) is 4.79 Å². The summed E-state index contributed by atoms with van der Waals surface area (Å²) in [6.45, 7) is 6.23. The summed E-state index contributed by atoms with van der Waals surface area (Å²) in [5.41, 5.74) is 5.37. The smallest absolute Gasteiger partial charge is 0.251 e. The van der Waals surface area contributed by atoms with E-state index < -0.39 is 0 Å². The molecular weight excluding hydrogens is 434 g/mol. The number of hydrogen-bond acceptors (Lipinski definition) is 3. The molecule has 3 aromatic carbocycles. The van der Waals surface area contributed by atoms with Crippen LogP contribution in [0.5, 0.6) is 5.75 Å². The molecule has 1 amide bonds. The highest BCUT2D eigenvalue weighted by atomic mass is 16.5. The fourth-order valence-electron chi connectivity index (χ4n) is 4.24. The van der Waals surface area contributed by atoms with E-state index in [1.165, 1.54) is 5.56 Å². The van der Waals surface area contributed by atoms with Crippen LogP contribution in [0.15, 0.2) is 72.8 Å². The molecule has 5 nitrogen and oxygen atoms in total. The number of rotatable bonds is 12. The summed E-state index contributed by atoms with van der Waals surface area (Å²) < 4.78 is 8.30. The van der Waals surface area contributed by atoms with Crippen LogP contribution >= 0.6 is 0 Å². The van der Waals surface area contributed by atoms with Crippen molar-refractivity contribution in [1.82, 2.24) is 14.9 Å². The number of aryl methyl sites for hydroxylation is 3. The van der Waals surface area contributed by atoms with Gasteiger partial charge in [0.05, 0.1) is 17.6 Å². The number of aromatic nitrogens is 2. The molecule has 4 aromatic rings. The molecule has 5 heteroatoms. The van der Waals surface area contributed by atoms with Crippen molar-refractivity contribution in [2.45, 2.75) is 52.5 Å². The van der Waals surface area contributed by atoms with Gasteiger partial charge in [0.15, 0.2) is 0 Å². The number of benzene rings is 3. The fraction of sp³-hybridized carbons (Fsp3) is 0.333. The number of para-hydroxylation sites is 2. The second kappa shape index (κ2) is 12.2. The van der Waals surface area contributed by atoms with Crippen molar-refractivity contribution in [1.29, 1.82) is 0 Å². The van der Waals surface area contributed by atoms with Crippen LogP contribution in [0, 0.1) is 6.92 Å². The van der Waals surface area contributed by atoms with E-state index in [1.54, 1.807) is 0 Å². The molecular formula is C30H35N3O2. The molecule has 0 aliphatic rings. The Bertz CT molecular complexity index is 1230. The van der Waals surface area contributed by atoms with Crippen molar-refractivity contribution in [3.63, 3.8) is 0 Å². The average Bonchev–Trinajstić information content (AvgIpc) is 3.24. The lowest BCUT2D eigenvalue weighted by Crippen LogP contribution is -2.24. The number of unbranched alkanes of at least 4 members (excludes halogenated alkanes) is 2. The highest BCUT2D eigenvalue weighted by Gasteiger charge is 2.11. The summed E-state index contributed by atoms with van der Waals surface area (Å²) in [7, 11) is 0. The van der Waals surface area contributed by atoms with Crippen molar-refractivity contribution in [2.24, 2.45) is 0 Å². The Labute approximate surface area is 208 Å². The zero-order valence-corrected chi connectivity index (χ0v) is 20.8. The van der Waals surface area contributed by atoms with Crippen molar-refractivity contribution in [3.05, 3.63) is 95.3 Å². The maximum Gasteiger partial charge on any atom is 0.251 e. The lowest BCUT2D eigenvalue weighted by atomic mass is 10.1. The minimum Gasteiger partial charge on any atom is -0.492 e. The molecule has 1 aromatic heterocycles. The average molecular weight is 470 g/mol. The van der Waals surface area contributed by atoms with E-state index in [2.05, 4.69) is 47.1 Å². The van der Waals surface area contributed by atoms with Gasteiger partial charge in [0.2, 0.25) is 0 Å². The molecule has 0 fully saturated rings. The molecule has 4 rings (SSSR count). The summed E-state index contributed by atoms with van der Waals surface area (Å²) in [5, 5.41) is 3.02. The summed E-state index contributed by atoms with van der Waals surface area (Å²) >= 11 is 0. The number of amides is 1. The predicted molar refractivity (Wildman–Crippen MR) is 142 cm³/mol. The van der Waals surface area contributed by atoms with Gasteiger partial charge in [-0.25, -0.2) is 4.98 Å². The van der Waals surface area contributed by atoms with Crippen molar-refractivity contribution < 1.29 is 9.53 Å². The number of nitrogens with zero attached hydrogens (tertiary/aromatic N) is 2. The Kier molecular flexibility index (Phi) is 8.55. The number of hydrogen-bond donors (Lipinski definition) is 1. The summed E-state index contributed by atoms with van der Waals surface area (Å²) in [5.74, 6) is 2.00. The highest BCUT2D eigenvalue weighted by molar-refractivity contribution is 5.94. The molecule has 0 bridgehead atoms.